The Balaban J connectivity index is 2.05. The lowest BCUT2D eigenvalue weighted by atomic mass is 10.1. The van der Waals surface area contributed by atoms with Gasteiger partial charge in [0.2, 0.25) is 0 Å². The third-order valence-electron chi connectivity index (χ3n) is 3.07. The summed E-state index contributed by atoms with van der Waals surface area (Å²) in [6.45, 7) is 2.57. The van der Waals surface area contributed by atoms with E-state index in [1.54, 1.807) is 24.4 Å². The summed E-state index contributed by atoms with van der Waals surface area (Å²) in [5.74, 6) is -0.460. The zero-order chi connectivity index (χ0) is 16.7. The van der Waals surface area contributed by atoms with Crippen LogP contribution in [0.15, 0.2) is 36.5 Å². The number of carboxylic acid groups (broad SMARTS) is 1. The van der Waals surface area contributed by atoms with Crippen LogP contribution in [0.2, 0.25) is 0 Å². The van der Waals surface area contributed by atoms with Crippen molar-refractivity contribution in [2.24, 2.45) is 5.73 Å². The van der Waals surface area contributed by atoms with Gasteiger partial charge in [-0.3, -0.25) is 4.79 Å². The van der Waals surface area contributed by atoms with Crippen LogP contribution in [0.25, 0.3) is 0 Å². The molecular weight excluding hydrogens is 298 g/mol. The first-order chi connectivity index (χ1) is 11.1. The van der Waals surface area contributed by atoms with E-state index in [2.05, 4.69) is 9.97 Å². The average Bonchev–Trinajstić information content (AvgIpc) is 2.54. The minimum atomic E-state index is -1.04. The fraction of sp³-hybridized carbons (Fsp3) is 0.312. The van der Waals surface area contributed by atoms with Crippen LogP contribution in [0.4, 0.5) is 0 Å². The highest BCUT2D eigenvalue weighted by atomic mass is 16.5. The minimum absolute atomic E-state index is 0.194. The molecule has 23 heavy (non-hydrogen) atoms. The average molecular weight is 317 g/mol. The van der Waals surface area contributed by atoms with Crippen molar-refractivity contribution in [3.8, 4) is 11.8 Å². The van der Waals surface area contributed by atoms with Gasteiger partial charge in [-0.05, 0) is 24.6 Å². The Morgan fingerprint density at radius 3 is 2.83 bits per heavy atom. The van der Waals surface area contributed by atoms with Crippen LogP contribution in [0, 0.1) is 0 Å². The molecule has 1 aromatic carbocycles. The van der Waals surface area contributed by atoms with Gasteiger partial charge >= 0.3 is 12.0 Å². The lowest BCUT2D eigenvalue weighted by Gasteiger charge is -2.13. The van der Waals surface area contributed by atoms with Crippen molar-refractivity contribution in [1.29, 1.82) is 0 Å². The van der Waals surface area contributed by atoms with E-state index in [4.69, 9.17) is 20.3 Å². The van der Waals surface area contributed by atoms with Gasteiger partial charge in [0.05, 0.1) is 12.3 Å². The van der Waals surface area contributed by atoms with E-state index in [-0.39, 0.29) is 13.0 Å². The molecule has 0 saturated carbocycles. The largest absolute Gasteiger partial charge is 0.487 e. The number of ether oxygens (including phenoxy) is 2. The first-order valence-corrected chi connectivity index (χ1v) is 7.24. The molecule has 0 aliphatic rings. The van der Waals surface area contributed by atoms with Gasteiger partial charge in [0.25, 0.3) is 0 Å². The Hall–Kier alpha value is -2.67. The molecule has 1 heterocycles. The zero-order valence-electron chi connectivity index (χ0n) is 12.8. The third kappa shape index (κ3) is 4.93. The molecule has 2 rings (SSSR count). The Kier molecular flexibility index (Phi) is 5.87. The predicted molar refractivity (Wildman–Crippen MR) is 83.3 cm³/mol. The van der Waals surface area contributed by atoms with Crippen molar-refractivity contribution in [1.82, 2.24) is 9.97 Å². The number of hydrogen-bond acceptors (Lipinski definition) is 6. The number of carboxylic acids is 1. The van der Waals surface area contributed by atoms with Crippen molar-refractivity contribution in [2.75, 3.05) is 6.61 Å². The van der Waals surface area contributed by atoms with E-state index in [1.165, 1.54) is 0 Å². The molecule has 0 saturated heterocycles. The smallest absolute Gasteiger partial charge is 0.320 e. The highest BCUT2D eigenvalue weighted by molar-refractivity contribution is 5.73. The summed E-state index contributed by atoms with van der Waals surface area (Å²) in [5.41, 5.74) is 6.99. The van der Waals surface area contributed by atoms with Crippen LogP contribution in [0.1, 0.15) is 18.2 Å². The van der Waals surface area contributed by atoms with Crippen molar-refractivity contribution < 1.29 is 19.4 Å². The van der Waals surface area contributed by atoms with Gasteiger partial charge in [-0.15, -0.1) is 0 Å². The summed E-state index contributed by atoms with van der Waals surface area (Å²) in [6.07, 6.45) is 1.79. The number of aliphatic carboxylic acids is 1. The van der Waals surface area contributed by atoms with E-state index >= 15 is 0 Å². The second kappa shape index (κ2) is 8.09. The summed E-state index contributed by atoms with van der Waals surface area (Å²) < 4.78 is 11.0. The molecule has 0 bridgehead atoms. The number of rotatable bonds is 8. The third-order valence-corrected chi connectivity index (χ3v) is 3.07. The van der Waals surface area contributed by atoms with Gasteiger partial charge in [-0.2, -0.15) is 4.98 Å². The van der Waals surface area contributed by atoms with Crippen molar-refractivity contribution in [3.05, 3.63) is 47.8 Å². The first-order valence-electron chi connectivity index (χ1n) is 7.24. The van der Waals surface area contributed by atoms with E-state index in [1.807, 2.05) is 19.1 Å². The number of nitrogens with two attached hydrogens (primary N) is 1. The lowest BCUT2D eigenvalue weighted by Crippen LogP contribution is -2.32. The summed E-state index contributed by atoms with van der Waals surface area (Å²) in [4.78, 5) is 19.1. The summed E-state index contributed by atoms with van der Waals surface area (Å²) in [5, 5.41) is 8.93. The van der Waals surface area contributed by atoms with Crippen molar-refractivity contribution in [2.45, 2.75) is 26.0 Å². The molecule has 7 nitrogen and oxygen atoms in total. The number of para-hydroxylation sites is 1. The number of benzene rings is 1. The summed E-state index contributed by atoms with van der Waals surface area (Å²) in [6, 6.07) is 8.26. The zero-order valence-corrected chi connectivity index (χ0v) is 12.8. The topological polar surface area (TPSA) is 108 Å². The monoisotopic (exact) mass is 317 g/mol. The Morgan fingerprint density at radius 1 is 1.30 bits per heavy atom. The van der Waals surface area contributed by atoms with Crippen LogP contribution in [0.5, 0.6) is 11.8 Å². The van der Waals surface area contributed by atoms with Crippen LogP contribution in [-0.4, -0.2) is 33.7 Å². The molecule has 0 aliphatic heterocycles. The van der Waals surface area contributed by atoms with Gasteiger partial charge in [-0.25, -0.2) is 4.98 Å². The molecule has 2 aromatic rings. The number of aromatic nitrogens is 2. The number of hydrogen-bond donors (Lipinski definition) is 2. The highest BCUT2D eigenvalue weighted by Crippen LogP contribution is 2.20. The van der Waals surface area contributed by atoms with Crippen LogP contribution in [0.3, 0.4) is 0 Å². The van der Waals surface area contributed by atoms with E-state index in [0.717, 1.165) is 5.56 Å². The fourth-order valence-corrected chi connectivity index (χ4v) is 1.94. The molecule has 0 amide bonds. The maximum Gasteiger partial charge on any atom is 0.320 e. The molecule has 1 aromatic heterocycles. The fourth-order valence-electron chi connectivity index (χ4n) is 1.94. The van der Waals surface area contributed by atoms with Crippen LogP contribution >= 0.6 is 0 Å². The molecule has 1 unspecified atom stereocenters. The first kappa shape index (κ1) is 16.7. The second-order valence-corrected chi connectivity index (χ2v) is 4.81. The summed E-state index contributed by atoms with van der Waals surface area (Å²) >= 11 is 0. The van der Waals surface area contributed by atoms with Crippen LogP contribution < -0.4 is 15.2 Å². The van der Waals surface area contributed by atoms with E-state index in [0.29, 0.717) is 24.1 Å². The Morgan fingerprint density at radius 2 is 2.09 bits per heavy atom. The van der Waals surface area contributed by atoms with Gasteiger partial charge in [0.15, 0.2) is 0 Å². The maximum absolute atomic E-state index is 10.9. The van der Waals surface area contributed by atoms with Crippen molar-refractivity contribution in [3.63, 3.8) is 0 Å². The highest BCUT2D eigenvalue weighted by Gasteiger charge is 2.15. The Labute approximate surface area is 134 Å². The molecule has 1 atom stereocenters. The van der Waals surface area contributed by atoms with E-state index < -0.39 is 12.0 Å². The van der Waals surface area contributed by atoms with Gasteiger partial charge in [-0.1, -0.05) is 18.2 Å². The molecule has 0 radical (unpaired) electrons. The van der Waals surface area contributed by atoms with Gasteiger partial charge < -0.3 is 20.3 Å². The van der Waals surface area contributed by atoms with E-state index in [9.17, 15) is 4.79 Å². The van der Waals surface area contributed by atoms with Gasteiger partial charge in [0, 0.05) is 12.6 Å². The molecule has 3 N–H and O–H groups in total. The molecular formula is C16H19N3O4. The van der Waals surface area contributed by atoms with Gasteiger partial charge in [0.1, 0.15) is 18.4 Å². The normalized spacial score (nSPS) is 11.7. The number of carbonyl (C=O) groups is 1. The second-order valence-electron chi connectivity index (χ2n) is 4.81. The van der Waals surface area contributed by atoms with Crippen LogP contribution in [-0.2, 0) is 17.8 Å². The van der Waals surface area contributed by atoms with Crippen molar-refractivity contribution >= 4 is 5.97 Å². The number of nitrogens with zero attached hydrogens (tertiary/aromatic N) is 2. The molecule has 122 valence electrons. The minimum Gasteiger partial charge on any atom is -0.487 e. The molecule has 0 spiro atoms. The lowest BCUT2D eigenvalue weighted by molar-refractivity contribution is -0.138. The maximum atomic E-state index is 10.9. The molecule has 0 fully saturated rings. The molecule has 0 aliphatic carbocycles. The quantitative estimate of drug-likeness (QED) is 0.757. The Bertz CT molecular complexity index is 663. The predicted octanol–water partition coefficient (Wildman–Crippen LogP) is 1.41. The SMILES string of the molecule is CCOc1nccc(COc2ccccc2CC(N)C(=O)O)n1. The summed E-state index contributed by atoms with van der Waals surface area (Å²) in [7, 11) is 0. The standard InChI is InChI=1S/C16H19N3O4/c1-2-22-16-18-8-7-12(19-16)10-23-14-6-4-3-5-11(14)9-13(17)15(20)21/h3-8,13H,2,9-10,17H2,1H3,(H,20,21). The molecule has 7 heteroatoms.